The molecule has 0 bridgehead atoms. The van der Waals surface area contributed by atoms with E-state index < -0.39 is 11.4 Å². The van der Waals surface area contributed by atoms with Gasteiger partial charge in [-0.2, -0.15) is 0 Å². The maximum absolute atomic E-state index is 11.6. The molecule has 4 nitrogen and oxygen atoms in total. The standard InChI is InChI=1S/C14H17NO3/c1-10(16)15-12-7-8-14(9-12,13(17)18)11-5-3-2-4-6-11/h2-6,12H,7-9H2,1H3,(H,15,16)(H,17,18)/t12-,14+/m1/s1. The molecule has 1 aliphatic carbocycles. The van der Waals surface area contributed by atoms with Crippen LogP contribution in [-0.4, -0.2) is 23.0 Å². The highest BCUT2D eigenvalue weighted by atomic mass is 16.4. The van der Waals surface area contributed by atoms with E-state index in [0.717, 1.165) is 5.56 Å². The number of rotatable bonds is 3. The third-order valence-electron chi connectivity index (χ3n) is 3.66. The Morgan fingerprint density at radius 3 is 2.56 bits per heavy atom. The molecule has 4 heteroatoms. The zero-order valence-corrected chi connectivity index (χ0v) is 10.3. The van der Waals surface area contributed by atoms with Gasteiger partial charge in [0.1, 0.15) is 0 Å². The van der Waals surface area contributed by atoms with Crippen molar-refractivity contribution in [3.8, 4) is 0 Å². The summed E-state index contributed by atoms with van der Waals surface area (Å²) in [4.78, 5) is 22.7. The molecule has 2 atom stereocenters. The molecule has 1 aliphatic rings. The molecule has 1 amide bonds. The molecule has 0 radical (unpaired) electrons. The maximum Gasteiger partial charge on any atom is 0.314 e. The molecule has 0 aliphatic heterocycles. The maximum atomic E-state index is 11.6. The lowest BCUT2D eigenvalue weighted by molar-refractivity contribution is -0.143. The van der Waals surface area contributed by atoms with E-state index in [4.69, 9.17) is 0 Å². The third-order valence-corrected chi connectivity index (χ3v) is 3.66. The fraction of sp³-hybridized carbons (Fsp3) is 0.429. The van der Waals surface area contributed by atoms with Crippen LogP contribution >= 0.6 is 0 Å². The van der Waals surface area contributed by atoms with Crippen LogP contribution < -0.4 is 5.32 Å². The summed E-state index contributed by atoms with van der Waals surface area (Å²) < 4.78 is 0. The molecule has 1 saturated carbocycles. The van der Waals surface area contributed by atoms with Crippen LogP contribution in [0, 0.1) is 0 Å². The van der Waals surface area contributed by atoms with Gasteiger partial charge in [-0.05, 0) is 24.8 Å². The first-order valence-electron chi connectivity index (χ1n) is 6.10. The Bertz CT molecular complexity index is 457. The summed E-state index contributed by atoms with van der Waals surface area (Å²) in [5.41, 5.74) is -0.0284. The van der Waals surface area contributed by atoms with Gasteiger partial charge in [-0.1, -0.05) is 30.3 Å². The molecule has 1 aromatic rings. The monoisotopic (exact) mass is 247 g/mol. The third kappa shape index (κ3) is 2.23. The molecule has 18 heavy (non-hydrogen) atoms. The van der Waals surface area contributed by atoms with Crippen molar-refractivity contribution in [3.63, 3.8) is 0 Å². The summed E-state index contributed by atoms with van der Waals surface area (Å²) in [6.07, 6.45) is 1.74. The van der Waals surface area contributed by atoms with Crippen LogP contribution in [0.4, 0.5) is 0 Å². The number of carboxylic acids is 1. The highest BCUT2D eigenvalue weighted by Crippen LogP contribution is 2.41. The van der Waals surface area contributed by atoms with Crippen LogP contribution in [0.2, 0.25) is 0 Å². The van der Waals surface area contributed by atoms with Gasteiger partial charge in [-0.15, -0.1) is 0 Å². The zero-order chi connectivity index (χ0) is 13.2. The predicted octanol–water partition coefficient (Wildman–Crippen LogP) is 1.70. The van der Waals surface area contributed by atoms with Crippen LogP contribution in [0.3, 0.4) is 0 Å². The molecular weight excluding hydrogens is 230 g/mol. The summed E-state index contributed by atoms with van der Waals surface area (Å²) in [7, 11) is 0. The Morgan fingerprint density at radius 2 is 2.00 bits per heavy atom. The van der Waals surface area contributed by atoms with Gasteiger partial charge in [0.05, 0.1) is 5.41 Å². The quantitative estimate of drug-likeness (QED) is 0.854. The summed E-state index contributed by atoms with van der Waals surface area (Å²) in [5, 5.41) is 12.4. The fourth-order valence-electron chi connectivity index (χ4n) is 2.79. The average molecular weight is 247 g/mol. The fourth-order valence-corrected chi connectivity index (χ4v) is 2.79. The lowest BCUT2D eigenvalue weighted by atomic mass is 9.79. The second-order valence-electron chi connectivity index (χ2n) is 4.89. The summed E-state index contributed by atoms with van der Waals surface area (Å²) >= 11 is 0. The normalized spacial score (nSPS) is 26.8. The molecule has 0 heterocycles. The number of nitrogens with one attached hydrogen (secondary N) is 1. The lowest BCUT2D eigenvalue weighted by Crippen LogP contribution is -2.37. The van der Waals surface area contributed by atoms with Gasteiger partial charge < -0.3 is 10.4 Å². The number of carbonyl (C=O) groups is 2. The van der Waals surface area contributed by atoms with E-state index in [2.05, 4.69) is 5.32 Å². The minimum atomic E-state index is -0.853. The van der Waals surface area contributed by atoms with Gasteiger partial charge in [-0.25, -0.2) is 0 Å². The number of carboxylic acid groups (broad SMARTS) is 1. The predicted molar refractivity (Wildman–Crippen MR) is 67.2 cm³/mol. The SMILES string of the molecule is CC(=O)N[C@@H]1CC[C@@](C(=O)O)(c2ccccc2)C1. The molecule has 96 valence electrons. The van der Waals surface area contributed by atoms with Gasteiger partial charge in [0.15, 0.2) is 0 Å². The molecule has 0 unspecified atom stereocenters. The molecule has 1 fully saturated rings. The Kier molecular flexibility index (Phi) is 3.36. The van der Waals surface area contributed by atoms with Crippen molar-refractivity contribution >= 4 is 11.9 Å². The van der Waals surface area contributed by atoms with E-state index in [0.29, 0.717) is 19.3 Å². The molecular formula is C14H17NO3. The van der Waals surface area contributed by atoms with Crippen molar-refractivity contribution < 1.29 is 14.7 Å². The summed E-state index contributed by atoms with van der Waals surface area (Å²) in [6.45, 7) is 1.46. The van der Waals surface area contributed by atoms with E-state index in [-0.39, 0.29) is 11.9 Å². The molecule has 0 aromatic heterocycles. The highest BCUT2D eigenvalue weighted by Gasteiger charge is 2.46. The van der Waals surface area contributed by atoms with Crippen LogP contribution in [0.25, 0.3) is 0 Å². The Balaban J connectivity index is 2.26. The first kappa shape index (κ1) is 12.6. The van der Waals surface area contributed by atoms with Crippen molar-refractivity contribution in [2.45, 2.75) is 37.6 Å². The zero-order valence-electron chi connectivity index (χ0n) is 10.3. The Morgan fingerprint density at radius 1 is 1.33 bits per heavy atom. The number of aliphatic carboxylic acids is 1. The van der Waals surface area contributed by atoms with Gasteiger partial charge >= 0.3 is 5.97 Å². The second kappa shape index (κ2) is 4.80. The molecule has 0 saturated heterocycles. The minimum absolute atomic E-state index is 0.0428. The van der Waals surface area contributed by atoms with E-state index in [9.17, 15) is 14.7 Å². The van der Waals surface area contributed by atoms with E-state index >= 15 is 0 Å². The Labute approximate surface area is 106 Å². The molecule has 2 N–H and O–H groups in total. The largest absolute Gasteiger partial charge is 0.481 e. The number of hydrogen-bond acceptors (Lipinski definition) is 2. The van der Waals surface area contributed by atoms with Crippen LogP contribution in [-0.2, 0) is 15.0 Å². The molecule has 2 rings (SSSR count). The van der Waals surface area contributed by atoms with Crippen molar-refractivity contribution in [2.24, 2.45) is 0 Å². The number of hydrogen-bond donors (Lipinski definition) is 2. The minimum Gasteiger partial charge on any atom is -0.481 e. The van der Waals surface area contributed by atoms with Crippen molar-refractivity contribution in [2.75, 3.05) is 0 Å². The number of carbonyl (C=O) groups excluding carboxylic acids is 1. The van der Waals surface area contributed by atoms with Gasteiger partial charge in [0.2, 0.25) is 5.91 Å². The van der Waals surface area contributed by atoms with Gasteiger partial charge in [0, 0.05) is 13.0 Å². The van der Waals surface area contributed by atoms with Gasteiger partial charge in [0.25, 0.3) is 0 Å². The van der Waals surface area contributed by atoms with Crippen molar-refractivity contribution in [1.29, 1.82) is 0 Å². The van der Waals surface area contributed by atoms with Gasteiger partial charge in [-0.3, -0.25) is 9.59 Å². The first-order valence-corrected chi connectivity index (χ1v) is 6.10. The molecule has 0 spiro atoms. The van der Waals surface area contributed by atoms with E-state index in [1.807, 2.05) is 30.3 Å². The molecule has 1 aromatic carbocycles. The van der Waals surface area contributed by atoms with E-state index in [1.54, 1.807) is 0 Å². The van der Waals surface area contributed by atoms with Crippen LogP contribution in [0.15, 0.2) is 30.3 Å². The lowest BCUT2D eigenvalue weighted by Gasteiger charge is -2.25. The van der Waals surface area contributed by atoms with Crippen LogP contribution in [0.1, 0.15) is 31.7 Å². The van der Waals surface area contributed by atoms with E-state index in [1.165, 1.54) is 6.92 Å². The summed E-state index contributed by atoms with van der Waals surface area (Å²) in [5.74, 6) is -0.907. The first-order chi connectivity index (χ1) is 8.54. The second-order valence-corrected chi connectivity index (χ2v) is 4.89. The number of amides is 1. The Hall–Kier alpha value is -1.84. The van der Waals surface area contributed by atoms with Crippen molar-refractivity contribution in [1.82, 2.24) is 5.32 Å². The summed E-state index contributed by atoms with van der Waals surface area (Å²) in [6, 6.07) is 9.24. The highest BCUT2D eigenvalue weighted by molar-refractivity contribution is 5.82. The number of benzene rings is 1. The van der Waals surface area contributed by atoms with Crippen molar-refractivity contribution in [3.05, 3.63) is 35.9 Å². The topological polar surface area (TPSA) is 66.4 Å². The van der Waals surface area contributed by atoms with Crippen LogP contribution in [0.5, 0.6) is 0 Å². The average Bonchev–Trinajstić information content (AvgIpc) is 2.74. The smallest absolute Gasteiger partial charge is 0.314 e.